The summed E-state index contributed by atoms with van der Waals surface area (Å²) in [6.45, 7) is 6.99. The van der Waals surface area contributed by atoms with E-state index in [1.54, 1.807) is 35.0 Å². The van der Waals surface area contributed by atoms with E-state index in [1.807, 2.05) is 30.3 Å². The van der Waals surface area contributed by atoms with E-state index in [0.717, 1.165) is 11.1 Å². The van der Waals surface area contributed by atoms with Crippen LogP contribution in [0, 0.1) is 0 Å². The average Bonchev–Trinajstić information content (AvgIpc) is 3.24. The van der Waals surface area contributed by atoms with Gasteiger partial charge in [0.05, 0.1) is 18.5 Å². The number of phenolic OH excluding ortho intramolecular Hbond substituents is 1. The molecule has 3 aromatic carbocycles. The van der Waals surface area contributed by atoms with Gasteiger partial charge in [-0.25, -0.2) is 5.43 Å². The fourth-order valence-electron chi connectivity index (χ4n) is 3.57. The van der Waals surface area contributed by atoms with Crippen molar-refractivity contribution in [1.29, 1.82) is 0 Å². The van der Waals surface area contributed by atoms with Crippen LogP contribution in [0.15, 0.2) is 90.0 Å². The lowest BCUT2D eigenvalue weighted by Gasteiger charge is -2.19. The van der Waals surface area contributed by atoms with E-state index in [2.05, 4.69) is 55.6 Å². The zero-order valence-corrected chi connectivity index (χ0v) is 19.6. The summed E-state index contributed by atoms with van der Waals surface area (Å²) in [5.74, 6) is -0.289. The van der Waals surface area contributed by atoms with Crippen LogP contribution in [0.3, 0.4) is 0 Å². The molecule has 0 bridgehead atoms. The maximum absolute atomic E-state index is 13.0. The number of para-hydroxylation sites is 1. The second-order valence-corrected chi connectivity index (χ2v) is 9.14. The van der Waals surface area contributed by atoms with Gasteiger partial charge in [0.25, 0.3) is 5.91 Å². The smallest absolute Gasteiger partial charge is 0.289 e. The van der Waals surface area contributed by atoms with Gasteiger partial charge >= 0.3 is 0 Å². The van der Waals surface area contributed by atoms with Crippen LogP contribution in [-0.2, 0) is 12.0 Å². The van der Waals surface area contributed by atoms with Gasteiger partial charge in [-0.05, 0) is 34.7 Å². The molecule has 4 rings (SSSR count). The molecule has 1 amide bonds. The van der Waals surface area contributed by atoms with E-state index in [4.69, 9.17) is 5.10 Å². The van der Waals surface area contributed by atoms with Crippen LogP contribution in [0.25, 0.3) is 11.3 Å². The van der Waals surface area contributed by atoms with E-state index in [1.165, 1.54) is 11.8 Å². The molecule has 172 valence electrons. The average molecular weight is 453 g/mol. The zero-order valence-electron chi connectivity index (χ0n) is 19.6. The molecule has 6 nitrogen and oxygen atoms in total. The van der Waals surface area contributed by atoms with Crippen LogP contribution in [0.2, 0.25) is 0 Å². The summed E-state index contributed by atoms with van der Waals surface area (Å²) in [5, 5.41) is 18.6. The van der Waals surface area contributed by atoms with E-state index >= 15 is 0 Å². The Morgan fingerprint density at radius 3 is 2.35 bits per heavy atom. The van der Waals surface area contributed by atoms with Gasteiger partial charge in [-0.1, -0.05) is 87.5 Å². The molecule has 0 spiro atoms. The predicted molar refractivity (Wildman–Crippen MR) is 135 cm³/mol. The van der Waals surface area contributed by atoms with E-state index < -0.39 is 0 Å². The van der Waals surface area contributed by atoms with Crippen molar-refractivity contribution >= 4 is 12.1 Å². The van der Waals surface area contributed by atoms with Gasteiger partial charge in [-0.3, -0.25) is 9.48 Å². The molecule has 0 atom stereocenters. The second kappa shape index (κ2) is 9.75. The number of hydrogen-bond donors (Lipinski definition) is 2. The first-order chi connectivity index (χ1) is 16.3. The minimum absolute atomic E-state index is 0.0704. The molecule has 2 N–H and O–H groups in total. The monoisotopic (exact) mass is 452 g/mol. The molecule has 0 aliphatic carbocycles. The molecule has 4 aromatic rings. The van der Waals surface area contributed by atoms with Crippen molar-refractivity contribution in [3.8, 4) is 17.0 Å². The van der Waals surface area contributed by atoms with Crippen molar-refractivity contribution < 1.29 is 9.90 Å². The van der Waals surface area contributed by atoms with Gasteiger partial charge in [0.1, 0.15) is 11.4 Å². The molecule has 0 aliphatic heterocycles. The highest BCUT2D eigenvalue weighted by Gasteiger charge is 2.17. The molecule has 34 heavy (non-hydrogen) atoms. The first kappa shape index (κ1) is 23.0. The number of carbonyl (C=O) groups is 1. The van der Waals surface area contributed by atoms with Crippen molar-refractivity contribution in [2.24, 2.45) is 5.10 Å². The molecule has 0 saturated heterocycles. The molecule has 0 fully saturated rings. The molecule has 0 saturated carbocycles. The summed E-state index contributed by atoms with van der Waals surface area (Å²) in [7, 11) is 0. The van der Waals surface area contributed by atoms with Crippen LogP contribution >= 0.6 is 0 Å². The Balaban J connectivity index is 1.60. The third-order valence-corrected chi connectivity index (χ3v) is 5.54. The van der Waals surface area contributed by atoms with Gasteiger partial charge in [0.2, 0.25) is 0 Å². The van der Waals surface area contributed by atoms with Gasteiger partial charge in [-0.2, -0.15) is 10.2 Å². The van der Waals surface area contributed by atoms with Crippen LogP contribution in [0.1, 0.15) is 48.0 Å². The maximum atomic E-state index is 13.0. The minimum Gasteiger partial charge on any atom is -0.507 e. The molecule has 1 aromatic heterocycles. The number of rotatable bonds is 6. The number of hydrogen-bond acceptors (Lipinski definition) is 4. The van der Waals surface area contributed by atoms with Gasteiger partial charge in [0, 0.05) is 11.1 Å². The number of phenols is 1. The highest BCUT2D eigenvalue weighted by Crippen LogP contribution is 2.23. The van der Waals surface area contributed by atoms with Crippen LogP contribution in [0.5, 0.6) is 5.75 Å². The van der Waals surface area contributed by atoms with Crippen molar-refractivity contribution in [3.63, 3.8) is 0 Å². The number of hydrazone groups is 1. The molecule has 0 radical (unpaired) electrons. The Labute approximate surface area is 199 Å². The predicted octanol–water partition coefficient (Wildman–Crippen LogP) is 5.37. The van der Waals surface area contributed by atoms with E-state index in [9.17, 15) is 9.90 Å². The summed E-state index contributed by atoms with van der Waals surface area (Å²) in [6.07, 6.45) is 1.41. The molecule has 0 aliphatic rings. The SMILES string of the molecule is CC(C)(C)c1ccc(Cn2nc(-c3ccccc3)cc2C(=O)N/N=C/c2ccccc2O)cc1. The minimum atomic E-state index is -0.382. The molecule has 0 unspecified atom stereocenters. The summed E-state index contributed by atoms with van der Waals surface area (Å²) in [5.41, 5.74) is 7.46. The lowest BCUT2D eigenvalue weighted by Crippen LogP contribution is -2.22. The lowest BCUT2D eigenvalue weighted by molar-refractivity contribution is 0.0945. The number of nitrogens with one attached hydrogen (secondary N) is 1. The number of amides is 1. The third kappa shape index (κ3) is 5.41. The maximum Gasteiger partial charge on any atom is 0.289 e. The summed E-state index contributed by atoms with van der Waals surface area (Å²) < 4.78 is 1.69. The number of aromatic hydroxyl groups is 1. The Morgan fingerprint density at radius 1 is 1.00 bits per heavy atom. The zero-order chi connectivity index (χ0) is 24.1. The van der Waals surface area contributed by atoms with Crippen molar-refractivity contribution in [3.05, 3.63) is 107 Å². The van der Waals surface area contributed by atoms with Crippen LogP contribution in [-0.4, -0.2) is 27.0 Å². The fraction of sp³-hybridized carbons (Fsp3) is 0.179. The summed E-state index contributed by atoms with van der Waals surface area (Å²) in [4.78, 5) is 13.0. The van der Waals surface area contributed by atoms with Gasteiger partial charge < -0.3 is 5.11 Å². The standard InChI is InChI=1S/C28H28N4O2/c1-28(2,3)23-15-13-20(14-16-23)19-32-25(17-24(31-32)21-9-5-4-6-10-21)27(34)30-29-18-22-11-7-8-12-26(22)33/h4-18,33H,19H2,1-3H3,(H,30,34)/b29-18+. The topological polar surface area (TPSA) is 79.5 Å². The van der Waals surface area contributed by atoms with E-state index in [-0.39, 0.29) is 17.1 Å². The fourth-order valence-corrected chi connectivity index (χ4v) is 3.57. The number of nitrogens with zero attached hydrogens (tertiary/aromatic N) is 3. The number of carbonyl (C=O) groups excluding carboxylic acids is 1. The first-order valence-electron chi connectivity index (χ1n) is 11.2. The first-order valence-corrected chi connectivity index (χ1v) is 11.2. The van der Waals surface area contributed by atoms with Crippen LogP contribution in [0.4, 0.5) is 0 Å². The summed E-state index contributed by atoms with van der Waals surface area (Å²) in [6, 6.07) is 26.7. The Morgan fingerprint density at radius 2 is 1.68 bits per heavy atom. The largest absolute Gasteiger partial charge is 0.507 e. The van der Waals surface area contributed by atoms with Gasteiger partial charge in [-0.15, -0.1) is 0 Å². The number of aromatic nitrogens is 2. The lowest BCUT2D eigenvalue weighted by atomic mass is 9.87. The summed E-state index contributed by atoms with van der Waals surface area (Å²) >= 11 is 0. The molecular weight excluding hydrogens is 424 g/mol. The normalized spacial score (nSPS) is 11.6. The van der Waals surface area contributed by atoms with Gasteiger partial charge in [0.15, 0.2) is 0 Å². The van der Waals surface area contributed by atoms with E-state index in [0.29, 0.717) is 23.5 Å². The van der Waals surface area contributed by atoms with Crippen molar-refractivity contribution in [2.75, 3.05) is 0 Å². The third-order valence-electron chi connectivity index (χ3n) is 5.54. The van der Waals surface area contributed by atoms with Crippen LogP contribution < -0.4 is 5.43 Å². The second-order valence-electron chi connectivity index (χ2n) is 9.14. The Hall–Kier alpha value is -4.19. The Kier molecular flexibility index (Phi) is 6.59. The molecular formula is C28H28N4O2. The van der Waals surface area contributed by atoms with Crippen molar-refractivity contribution in [1.82, 2.24) is 15.2 Å². The highest BCUT2D eigenvalue weighted by atomic mass is 16.3. The molecule has 6 heteroatoms. The Bertz CT molecular complexity index is 1300. The quantitative estimate of drug-likeness (QED) is 0.305. The number of benzene rings is 3. The highest BCUT2D eigenvalue weighted by molar-refractivity contribution is 5.94. The molecule has 1 heterocycles. The van der Waals surface area contributed by atoms with Crippen molar-refractivity contribution in [2.45, 2.75) is 32.7 Å².